The number of anilines is 1. The highest BCUT2D eigenvalue weighted by Gasteiger charge is 2.12. The number of aromatic carboxylic acids is 1. The van der Waals surface area contributed by atoms with Gasteiger partial charge in [0, 0.05) is 19.2 Å². The van der Waals surface area contributed by atoms with Crippen LogP contribution in [0.25, 0.3) is 0 Å². The van der Waals surface area contributed by atoms with E-state index in [-0.39, 0.29) is 17.2 Å². The molecule has 0 unspecified atom stereocenters. The van der Waals surface area contributed by atoms with Crippen molar-refractivity contribution in [3.8, 4) is 5.75 Å². The lowest BCUT2D eigenvalue weighted by Gasteiger charge is -2.07. The molecule has 0 bridgehead atoms. The Balaban J connectivity index is 1.47. The number of rotatable bonds is 10. The monoisotopic (exact) mass is 440 g/mol. The van der Waals surface area contributed by atoms with Crippen molar-refractivity contribution in [1.82, 2.24) is 14.8 Å². The van der Waals surface area contributed by atoms with Crippen LogP contribution in [0.4, 0.5) is 5.69 Å². The van der Waals surface area contributed by atoms with Crippen molar-refractivity contribution in [1.29, 1.82) is 0 Å². The summed E-state index contributed by atoms with van der Waals surface area (Å²) in [5.41, 5.74) is 1.81. The van der Waals surface area contributed by atoms with Crippen LogP contribution in [0.3, 0.4) is 0 Å². The first-order chi connectivity index (χ1) is 15.0. The molecule has 0 saturated heterocycles. The fourth-order valence-electron chi connectivity index (χ4n) is 2.99. The smallest absolute Gasteiger partial charge is 0.335 e. The summed E-state index contributed by atoms with van der Waals surface area (Å²) in [4.78, 5) is 23.2. The summed E-state index contributed by atoms with van der Waals surface area (Å²) < 4.78 is 7.07. The molecule has 0 spiro atoms. The maximum absolute atomic E-state index is 12.2. The second-order valence-corrected chi connectivity index (χ2v) is 7.82. The van der Waals surface area contributed by atoms with E-state index in [4.69, 9.17) is 9.84 Å². The Morgan fingerprint density at radius 2 is 1.90 bits per heavy atom. The third kappa shape index (κ3) is 6.32. The number of carbonyl (C=O) groups excluding carboxylic acids is 1. The number of amides is 1. The van der Waals surface area contributed by atoms with Crippen LogP contribution in [-0.2, 0) is 24.7 Å². The van der Waals surface area contributed by atoms with Crippen molar-refractivity contribution in [2.45, 2.75) is 24.4 Å². The molecule has 0 saturated carbocycles. The average Bonchev–Trinajstić information content (AvgIpc) is 3.12. The van der Waals surface area contributed by atoms with E-state index in [2.05, 4.69) is 27.6 Å². The van der Waals surface area contributed by atoms with Crippen LogP contribution in [0.1, 0.15) is 28.2 Å². The number of carbonyl (C=O) groups is 2. The van der Waals surface area contributed by atoms with E-state index in [0.717, 1.165) is 30.8 Å². The highest BCUT2D eigenvalue weighted by atomic mass is 32.2. The number of ether oxygens (including phenoxy) is 1. The highest BCUT2D eigenvalue weighted by Crippen LogP contribution is 2.18. The van der Waals surface area contributed by atoms with Crippen LogP contribution in [-0.4, -0.2) is 44.6 Å². The van der Waals surface area contributed by atoms with Gasteiger partial charge in [-0.05, 0) is 48.7 Å². The molecule has 0 aliphatic carbocycles. The minimum atomic E-state index is -1.04. The number of carboxylic acids is 1. The minimum Gasteiger partial charge on any atom is -0.497 e. The van der Waals surface area contributed by atoms with Crippen molar-refractivity contribution in [2.75, 3.05) is 18.2 Å². The molecule has 1 heterocycles. The Bertz CT molecular complexity index is 1050. The molecule has 0 radical (unpaired) electrons. The largest absolute Gasteiger partial charge is 0.497 e. The molecule has 2 aromatic carbocycles. The standard InChI is InChI=1S/C22H24N4O4S/c1-26-19(8-3-5-15-9-11-18(30-2)12-10-15)24-25-22(26)31-14-20(27)23-17-7-4-6-16(13-17)21(28)29/h4,6-7,9-13H,3,5,8,14H2,1-2H3,(H,23,27)(H,28,29). The first-order valence-corrected chi connectivity index (χ1v) is 10.7. The van der Waals surface area contributed by atoms with Gasteiger partial charge in [0.1, 0.15) is 11.6 Å². The number of carboxylic acid groups (broad SMARTS) is 1. The Labute approximate surface area is 184 Å². The number of benzene rings is 2. The Morgan fingerprint density at radius 1 is 1.13 bits per heavy atom. The zero-order chi connectivity index (χ0) is 22.2. The molecule has 1 amide bonds. The first kappa shape index (κ1) is 22.4. The van der Waals surface area contributed by atoms with Gasteiger partial charge >= 0.3 is 5.97 Å². The predicted octanol–water partition coefficient (Wildman–Crippen LogP) is 3.43. The molecule has 0 fully saturated rings. The molecule has 2 N–H and O–H groups in total. The van der Waals surface area contributed by atoms with Crippen molar-refractivity contribution in [2.24, 2.45) is 7.05 Å². The fraction of sp³-hybridized carbons (Fsp3) is 0.273. The fourth-order valence-corrected chi connectivity index (χ4v) is 3.72. The van der Waals surface area contributed by atoms with Crippen molar-refractivity contribution < 1.29 is 19.4 Å². The summed E-state index contributed by atoms with van der Waals surface area (Å²) in [6, 6.07) is 14.2. The summed E-state index contributed by atoms with van der Waals surface area (Å²) in [5, 5.41) is 20.8. The van der Waals surface area contributed by atoms with Gasteiger partial charge in [0.2, 0.25) is 5.91 Å². The van der Waals surface area contributed by atoms with Crippen LogP contribution < -0.4 is 10.1 Å². The number of hydrogen-bond acceptors (Lipinski definition) is 6. The number of aryl methyl sites for hydroxylation is 2. The first-order valence-electron chi connectivity index (χ1n) is 9.73. The van der Waals surface area contributed by atoms with Crippen LogP contribution >= 0.6 is 11.8 Å². The molecule has 0 aliphatic heterocycles. The molecular weight excluding hydrogens is 416 g/mol. The van der Waals surface area contributed by atoms with Gasteiger partial charge in [0.25, 0.3) is 0 Å². The number of aromatic nitrogens is 3. The van der Waals surface area contributed by atoms with Gasteiger partial charge in [-0.3, -0.25) is 4.79 Å². The summed E-state index contributed by atoms with van der Waals surface area (Å²) in [6.45, 7) is 0. The number of methoxy groups -OCH3 is 1. The summed E-state index contributed by atoms with van der Waals surface area (Å²) in [7, 11) is 3.54. The van der Waals surface area contributed by atoms with E-state index in [1.54, 1.807) is 19.2 Å². The lowest BCUT2D eigenvalue weighted by Crippen LogP contribution is -2.15. The zero-order valence-electron chi connectivity index (χ0n) is 17.4. The normalized spacial score (nSPS) is 10.6. The van der Waals surface area contributed by atoms with Crippen molar-refractivity contribution >= 4 is 29.3 Å². The van der Waals surface area contributed by atoms with Gasteiger partial charge in [-0.25, -0.2) is 4.79 Å². The van der Waals surface area contributed by atoms with Crippen molar-refractivity contribution in [3.63, 3.8) is 0 Å². The van der Waals surface area contributed by atoms with Gasteiger partial charge in [0.15, 0.2) is 5.16 Å². The van der Waals surface area contributed by atoms with E-state index in [1.165, 1.54) is 29.5 Å². The third-order valence-corrected chi connectivity index (χ3v) is 5.70. The third-order valence-electron chi connectivity index (χ3n) is 4.68. The average molecular weight is 441 g/mol. The number of thioether (sulfide) groups is 1. The second-order valence-electron chi connectivity index (χ2n) is 6.88. The minimum absolute atomic E-state index is 0.123. The lowest BCUT2D eigenvalue weighted by molar-refractivity contribution is -0.113. The lowest BCUT2D eigenvalue weighted by atomic mass is 10.1. The molecular formula is C22H24N4O4S. The Morgan fingerprint density at radius 3 is 2.61 bits per heavy atom. The molecule has 9 heteroatoms. The van der Waals surface area contributed by atoms with E-state index in [1.807, 2.05) is 23.7 Å². The van der Waals surface area contributed by atoms with Crippen molar-refractivity contribution in [3.05, 3.63) is 65.5 Å². The van der Waals surface area contributed by atoms with E-state index >= 15 is 0 Å². The zero-order valence-corrected chi connectivity index (χ0v) is 18.2. The maximum atomic E-state index is 12.2. The van der Waals surface area contributed by atoms with Gasteiger partial charge in [-0.1, -0.05) is 30.0 Å². The van der Waals surface area contributed by atoms with E-state index in [9.17, 15) is 9.59 Å². The molecule has 1 aromatic heterocycles. The summed E-state index contributed by atoms with van der Waals surface area (Å²) >= 11 is 1.29. The van der Waals surface area contributed by atoms with Gasteiger partial charge in [-0.15, -0.1) is 10.2 Å². The van der Waals surface area contributed by atoms with E-state index in [0.29, 0.717) is 10.8 Å². The highest BCUT2D eigenvalue weighted by molar-refractivity contribution is 7.99. The number of hydrogen-bond donors (Lipinski definition) is 2. The molecule has 3 aromatic rings. The molecule has 3 rings (SSSR count). The van der Waals surface area contributed by atoms with E-state index < -0.39 is 5.97 Å². The van der Waals surface area contributed by atoms with Gasteiger partial charge < -0.3 is 19.7 Å². The molecule has 8 nitrogen and oxygen atoms in total. The molecule has 0 atom stereocenters. The predicted molar refractivity (Wildman–Crippen MR) is 119 cm³/mol. The number of nitrogens with zero attached hydrogens (tertiary/aromatic N) is 3. The molecule has 0 aliphatic rings. The second kappa shape index (κ2) is 10.6. The van der Waals surface area contributed by atoms with Gasteiger partial charge in [0.05, 0.1) is 18.4 Å². The Hall–Kier alpha value is -3.33. The quantitative estimate of drug-likeness (QED) is 0.465. The van der Waals surface area contributed by atoms with Gasteiger partial charge in [-0.2, -0.15) is 0 Å². The Kier molecular flexibility index (Phi) is 7.66. The van der Waals surface area contributed by atoms with Crippen LogP contribution in [0.2, 0.25) is 0 Å². The number of nitrogens with one attached hydrogen (secondary N) is 1. The van der Waals surface area contributed by atoms with Crippen LogP contribution in [0.5, 0.6) is 5.75 Å². The summed E-state index contributed by atoms with van der Waals surface area (Å²) in [5.74, 6) is 0.582. The topological polar surface area (TPSA) is 106 Å². The SMILES string of the molecule is COc1ccc(CCCc2nnc(SCC(=O)Nc3cccc(C(=O)O)c3)n2C)cc1. The summed E-state index contributed by atoms with van der Waals surface area (Å²) in [6.07, 6.45) is 2.64. The van der Waals surface area contributed by atoms with Crippen LogP contribution in [0, 0.1) is 0 Å². The molecule has 31 heavy (non-hydrogen) atoms. The molecule has 162 valence electrons. The maximum Gasteiger partial charge on any atom is 0.335 e. The van der Waals surface area contributed by atoms with Crippen LogP contribution in [0.15, 0.2) is 53.7 Å².